The highest BCUT2D eigenvalue weighted by atomic mass is 19.1. The Morgan fingerprint density at radius 2 is 1.97 bits per heavy atom. The molecule has 2 N–H and O–H groups in total. The van der Waals surface area contributed by atoms with E-state index in [0.29, 0.717) is 18.2 Å². The zero-order chi connectivity index (χ0) is 20.8. The molecule has 29 heavy (non-hydrogen) atoms. The Labute approximate surface area is 164 Å². The van der Waals surface area contributed by atoms with E-state index in [0.717, 1.165) is 11.1 Å². The summed E-state index contributed by atoms with van der Waals surface area (Å²) in [5.41, 5.74) is 4.31. The maximum absolute atomic E-state index is 14.4. The van der Waals surface area contributed by atoms with Crippen LogP contribution < -0.4 is 10.5 Å². The molecule has 2 heterocycles. The summed E-state index contributed by atoms with van der Waals surface area (Å²) >= 11 is 0. The number of carbonyl (C=O) groups is 1. The fraction of sp³-hybridized carbons (Fsp3) is 0.300. The first kappa shape index (κ1) is 19.3. The van der Waals surface area contributed by atoms with Gasteiger partial charge in [0.15, 0.2) is 0 Å². The lowest BCUT2D eigenvalue weighted by atomic mass is 9.83. The molecule has 152 valence electrons. The first-order chi connectivity index (χ1) is 13.9. The Hall–Kier alpha value is -3.07. The summed E-state index contributed by atoms with van der Waals surface area (Å²) in [6.45, 7) is 1.65. The van der Waals surface area contributed by atoms with Gasteiger partial charge < -0.3 is 15.2 Å². The average molecular weight is 405 g/mol. The first-order valence-corrected chi connectivity index (χ1v) is 9.03. The normalized spacial score (nSPS) is 22.7. The van der Waals surface area contributed by atoms with Gasteiger partial charge in [0.1, 0.15) is 23.2 Å². The maximum atomic E-state index is 14.4. The number of ether oxygens (including phenoxy) is 2. The summed E-state index contributed by atoms with van der Waals surface area (Å²) in [6.07, 6.45) is 0.369. The van der Waals surface area contributed by atoms with E-state index in [1.807, 2.05) is 0 Å². The van der Waals surface area contributed by atoms with Crippen molar-refractivity contribution in [2.75, 3.05) is 13.2 Å². The van der Waals surface area contributed by atoms with E-state index in [-0.39, 0.29) is 30.2 Å². The molecule has 1 spiro atoms. The lowest BCUT2D eigenvalue weighted by Crippen LogP contribution is -2.54. The number of nitrogens with zero attached hydrogens (tertiary/aromatic N) is 2. The zero-order valence-electron chi connectivity index (χ0n) is 15.5. The van der Waals surface area contributed by atoms with E-state index < -0.39 is 35.0 Å². The van der Waals surface area contributed by atoms with Crippen molar-refractivity contribution < 1.29 is 27.4 Å². The molecule has 2 aliphatic rings. The summed E-state index contributed by atoms with van der Waals surface area (Å²) in [4.78, 5) is 12.5. The molecule has 6 nitrogen and oxygen atoms in total. The molecule has 0 fully saturated rings. The molecule has 2 atom stereocenters. The molecule has 2 aliphatic heterocycles. The van der Waals surface area contributed by atoms with Gasteiger partial charge in [-0.05, 0) is 43.3 Å². The van der Waals surface area contributed by atoms with Crippen LogP contribution in [-0.4, -0.2) is 30.0 Å². The summed E-state index contributed by atoms with van der Waals surface area (Å²) in [7, 11) is 0. The highest BCUT2D eigenvalue weighted by Crippen LogP contribution is 2.50. The molecule has 0 aliphatic carbocycles. The maximum Gasteiger partial charge on any atom is 0.244 e. The van der Waals surface area contributed by atoms with Crippen molar-refractivity contribution >= 4 is 11.8 Å². The van der Waals surface area contributed by atoms with Gasteiger partial charge in [-0.3, -0.25) is 4.79 Å². The third-order valence-corrected chi connectivity index (χ3v) is 5.05. The standard InChI is InChI=1S/C20H18F3N3O3/c1-11(27)26-20(29-19(25-26)15-4-2-14(22)9-17(15)23)12(6-7-24)10-28-18-5-3-13(21)8-16(18)20/h2-5,8-9,12H,6-7,10,24H2,1H3. The zero-order valence-corrected chi connectivity index (χ0v) is 15.5. The van der Waals surface area contributed by atoms with Crippen LogP contribution in [0.3, 0.4) is 0 Å². The predicted molar refractivity (Wildman–Crippen MR) is 97.2 cm³/mol. The average Bonchev–Trinajstić information content (AvgIpc) is 3.06. The number of benzene rings is 2. The molecule has 2 aromatic rings. The molecule has 2 aromatic carbocycles. The number of hydrogen-bond acceptors (Lipinski definition) is 5. The second kappa shape index (κ2) is 7.07. The van der Waals surface area contributed by atoms with Crippen LogP contribution in [0, 0.1) is 23.4 Å². The molecular formula is C20H18F3N3O3. The van der Waals surface area contributed by atoms with Gasteiger partial charge in [0.2, 0.25) is 17.5 Å². The van der Waals surface area contributed by atoms with Crippen LogP contribution in [0.5, 0.6) is 5.75 Å². The van der Waals surface area contributed by atoms with E-state index in [1.54, 1.807) is 0 Å². The summed E-state index contributed by atoms with van der Waals surface area (Å²) in [5.74, 6) is -3.11. The van der Waals surface area contributed by atoms with Crippen LogP contribution in [0.15, 0.2) is 41.5 Å². The van der Waals surface area contributed by atoms with Crippen LogP contribution in [0.4, 0.5) is 13.2 Å². The van der Waals surface area contributed by atoms with E-state index in [9.17, 15) is 18.0 Å². The molecule has 4 rings (SSSR count). The van der Waals surface area contributed by atoms with Crippen LogP contribution in [0.2, 0.25) is 0 Å². The van der Waals surface area contributed by atoms with Gasteiger partial charge in [-0.25, -0.2) is 13.2 Å². The third-order valence-electron chi connectivity index (χ3n) is 5.05. The van der Waals surface area contributed by atoms with E-state index in [1.165, 1.54) is 31.2 Å². The Kier molecular flexibility index (Phi) is 4.70. The fourth-order valence-electron chi connectivity index (χ4n) is 3.79. The molecule has 0 saturated heterocycles. The van der Waals surface area contributed by atoms with Crippen molar-refractivity contribution in [3.8, 4) is 5.75 Å². The van der Waals surface area contributed by atoms with E-state index in [2.05, 4.69) is 5.10 Å². The first-order valence-electron chi connectivity index (χ1n) is 9.03. The monoisotopic (exact) mass is 405 g/mol. The molecule has 9 heteroatoms. The number of amides is 1. The lowest BCUT2D eigenvalue weighted by molar-refractivity contribution is -0.168. The van der Waals surface area contributed by atoms with Gasteiger partial charge in [0.25, 0.3) is 0 Å². The van der Waals surface area contributed by atoms with Gasteiger partial charge in [-0.15, -0.1) is 5.10 Å². The molecule has 1 amide bonds. The Morgan fingerprint density at radius 1 is 1.24 bits per heavy atom. The topological polar surface area (TPSA) is 77.2 Å². The fourth-order valence-corrected chi connectivity index (χ4v) is 3.79. The number of fused-ring (bicyclic) bond motifs is 2. The van der Waals surface area contributed by atoms with Crippen molar-refractivity contribution in [3.05, 3.63) is 65.0 Å². The van der Waals surface area contributed by atoms with Crippen molar-refractivity contribution in [1.82, 2.24) is 5.01 Å². The minimum Gasteiger partial charge on any atom is -0.493 e. The second-order valence-corrected chi connectivity index (χ2v) is 6.88. The van der Waals surface area contributed by atoms with Gasteiger partial charge in [-0.1, -0.05) is 0 Å². The smallest absolute Gasteiger partial charge is 0.244 e. The van der Waals surface area contributed by atoms with Gasteiger partial charge in [0.05, 0.1) is 23.7 Å². The number of carbonyl (C=O) groups excluding carboxylic acids is 1. The third kappa shape index (κ3) is 3.02. The highest BCUT2D eigenvalue weighted by Gasteiger charge is 2.58. The largest absolute Gasteiger partial charge is 0.493 e. The predicted octanol–water partition coefficient (Wildman–Crippen LogP) is 2.85. The quantitative estimate of drug-likeness (QED) is 0.852. The SMILES string of the molecule is CC(=O)N1N=C(c2ccc(F)cc2F)OC12c1cc(F)ccc1OCC2CCN. The van der Waals surface area contributed by atoms with Crippen molar-refractivity contribution in [1.29, 1.82) is 0 Å². The van der Waals surface area contributed by atoms with E-state index >= 15 is 0 Å². The van der Waals surface area contributed by atoms with Crippen LogP contribution in [0.25, 0.3) is 0 Å². The van der Waals surface area contributed by atoms with Gasteiger partial charge >= 0.3 is 0 Å². The Morgan fingerprint density at radius 3 is 2.66 bits per heavy atom. The molecule has 0 bridgehead atoms. The Balaban J connectivity index is 1.90. The minimum absolute atomic E-state index is 0.120. The van der Waals surface area contributed by atoms with Crippen LogP contribution in [-0.2, 0) is 15.3 Å². The van der Waals surface area contributed by atoms with Crippen LogP contribution >= 0.6 is 0 Å². The summed E-state index contributed by atoms with van der Waals surface area (Å²) in [6, 6.07) is 6.78. The Bertz CT molecular complexity index is 1010. The van der Waals surface area contributed by atoms with Crippen molar-refractivity contribution in [3.63, 3.8) is 0 Å². The van der Waals surface area contributed by atoms with Crippen LogP contribution in [0.1, 0.15) is 24.5 Å². The van der Waals surface area contributed by atoms with Gasteiger partial charge in [0, 0.05) is 13.0 Å². The summed E-state index contributed by atoms with van der Waals surface area (Å²) < 4.78 is 53.7. The molecule has 0 saturated carbocycles. The number of halogens is 3. The number of rotatable bonds is 3. The number of hydrogen-bond donors (Lipinski definition) is 1. The number of nitrogens with two attached hydrogens (primary N) is 1. The van der Waals surface area contributed by atoms with Crippen molar-refractivity contribution in [2.45, 2.75) is 19.1 Å². The molecule has 0 radical (unpaired) electrons. The van der Waals surface area contributed by atoms with Crippen molar-refractivity contribution in [2.24, 2.45) is 16.8 Å². The second-order valence-electron chi connectivity index (χ2n) is 6.88. The lowest BCUT2D eigenvalue weighted by Gasteiger charge is -2.44. The molecule has 0 aromatic heterocycles. The number of hydrazone groups is 1. The summed E-state index contributed by atoms with van der Waals surface area (Å²) in [5, 5.41) is 5.24. The molecular weight excluding hydrogens is 387 g/mol. The highest BCUT2D eigenvalue weighted by molar-refractivity contribution is 5.97. The van der Waals surface area contributed by atoms with Gasteiger partial charge in [-0.2, -0.15) is 5.01 Å². The molecule has 2 unspecified atom stereocenters. The van der Waals surface area contributed by atoms with E-state index in [4.69, 9.17) is 15.2 Å². The minimum atomic E-state index is -1.56.